The van der Waals surface area contributed by atoms with E-state index in [1.54, 1.807) is 7.05 Å². The lowest BCUT2D eigenvalue weighted by molar-refractivity contribution is -0.131. The average molecular weight is 399 g/mol. The van der Waals surface area contributed by atoms with E-state index in [0.29, 0.717) is 24.7 Å². The molecule has 0 saturated carbocycles. The Bertz CT molecular complexity index is 1210. The molecule has 3 heterocycles. The first-order chi connectivity index (χ1) is 13.9. The summed E-state index contributed by atoms with van der Waals surface area (Å²) in [6.07, 6.45) is 1.10. The van der Waals surface area contributed by atoms with Crippen LogP contribution in [0.25, 0.3) is 11.2 Å². The van der Waals surface area contributed by atoms with E-state index in [1.165, 1.54) is 34.5 Å². The predicted octanol–water partition coefficient (Wildman–Crippen LogP) is -0.268. The number of ether oxygens (including phenoxy) is 2. The summed E-state index contributed by atoms with van der Waals surface area (Å²) in [5, 5.41) is 0. The minimum Gasteiger partial charge on any atom is -0.486 e. The molecule has 0 radical (unpaired) electrons. The van der Waals surface area contributed by atoms with Gasteiger partial charge in [-0.25, -0.2) is 9.78 Å². The van der Waals surface area contributed by atoms with Crippen LogP contribution in [-0.2, 0) is 25.4 Å². The molecule has 1 atom stereocenters. The Morgan fingerprint density at radius 1 is 1.21 bits per heavy atom. The lowest BCUT2D eigenvalue weighted by Crippen LogP contribution is -2.43. The van der Waals surface area contributed by atoms with E-state index in [4.69, 9.17) is 9.47 Å². The van der Waals surface area contributed by atoms with Crippen molar-refractivity contribution in [3.63, 3.8) is 0 Å². The molecule has 0 N–H and O–H groups in total. The predicted molar refractivity (Wildman–Crippen MR) is 104 cm³/mol. The molecule has 10 heteroatoms. The number of carbonyl (C=O) groups excluding carboxylic acids is 1. The number of likely N-dealkylation sites (N-methyl/N-ethyl adjacent to an activating group) is 1. The van der Waals surface area contributed by atoms with E-state index in [9.17, 15) is 14.4 Å². The third-order valence-corrected chi connectivity index (χ3v) is 4.99. The topological polar surface area (TPSA) is 101 Å². The number of para-hydroxylation sites is 2. The summed E-state index contributed by atoms with van der Waals surface area (Å²) >= 11 is 0. The van der Waals surface area contributed by atoms with Crippen molar-refractivity contribution in [1.29, 1.82) is 0 Å². The molecule has 1 amide bonds. The lowest BCUT2D eigenvalue weighted by atomic mass is 10.2. The van der Waals surface area contributed by atoms with Gasteiger partial charge in [0.2, 0.25) is 5.91 Å². The van der Waals surface area contributed by atoms with E-state index in [2.05, 4.69) is 4.98 Å². The molecule has 4 rings (SSSR count). The second-order valence-electron chi connectivity index (χ2n) is 7.02. The quantitative estimate of drug-likeness (QED) is 0.599. The Morgan fingerprint density at radius 2 is 1.93 bits per heavy atom. The molecule has 3 aromatic rings. The second kappa shape index (κ2) is 7.12. The van der Waals surface area contributed by atoms with Gasteiger partial charge in [0.05, 0.1) is 12.9 Å². The van der Waals surface area contributed by atoms with Crippen molar-refractivity contribution in [3.8, 4) is 11.5 Å². The highest BCUT2D eigenvalue weighted by Gasteiger charge is 2.24. The van der Waals surface area contributed by atoms with Gasteiger partial charge in [0.25, 0.3) is 5.56 Å². The van der Waals surface area contributed by atoms with Gasteiger partial charge in [0.1, 0.15) is 13.2 Å². The molecule has 0 unspecified atom stereocenters. The van der Waals surface area contributed by atoms with E-state index in [-0.39, 0.29) is 29.7 Å². The monoisotopic (exact) mass is 399 g/mol. The van der Waals surface area contributed by atoms with E-state index in [1.807, 2.05) is 24.3 Å². The first kappa shape index (κ1) is 18.8. The largest absolute Gasteiger partial charge is 0.486 e. The smallest absolute Gasteiger partial charge is 0.332 e. The maximum atomic E-state index is 12.7. The summed E-state index contributed by atoms with van der Waals surface area (Å²) in [5.41, 5.74) is -0.501. The molecule has 10 nitrogen and oxygen atoms in total. The highest BCUT2D eigenvalue weighted by atomic mass is 16.6. The molecule has 0 aliphatic carbocycles. The first-order valence-electron chi connectivity index (χ1n) is 9.10. The molecular weight excluding hydrogens is 378 g/mol. The molecule has 0 fully saturated rings. The molecule has 1 aromatic carbocycles. The van der Waals surface area contributed by atoms with Gasteiger partial charge >= 0.3 is 5.69 Å². The van der Waals surface area contributed by atoms with Crippen molar-refractivity contribution in [1.82, 2.24) is 23.6 Å². The van der Waals surface area contributed by atoms with E-state index >= 15 is 0 Å². The number of hydrogen-bond acceptors (Lipinski definition) is 6. The van der Waals surface area contributed by atoms with Crippen LogP contribution in [0.4, 0.5) is 0 Å². The molecule has 29 heavy (non-hydrogen) atoms. The molecular formula is C19H21N5O5. The van der Waals surface area contributed by atoms with Gasteiger partial charge in [-0.3, -0.25) is 18.7 Å². The number of hydrogen-bond donors (Lipinski definition) is 0. The number of aryl methyl sites for hydroxylation is 1. The van der Waals surface area contributed by atoms with E-state index < -0.39 is 11.2 Å². The van der Waals surface area contributed by atoms with Gasteiger partial charge in [-0.2, -0.15) is 0 Å². The zero-order valence-corrected chi connectivity index (χ0v) is 16.4. The standard InChI is InChI=1S/C19H21N5O5/c1-21(8-12-10-28-13-6-4-5-7-14(13)29-12)15(25)9-24-11-20-17-16(24)18(26)23(3)19(27)22(17)2/h4-7,11-12H,8-10H2,1-3H3/t12-/m1/s1. The Kier molecular flexibility index (Phi) is 4.61. The average Bonchev–Trinajstić information content (AvgIpc) is 3.14. The van der Waals surface area contributed by atoms with Gasteiger partial charge in [-0.15, -0.1) is 0 Å². The Balaban J connectivity index is 1.50. The summed E-state index contributed by atoms with van der Waals surface area (Å²) in [6, 6.07) is 7.38. The molecule has 0 bridgehead atoms. The number of rotatable bonds is 4. The van der Waals surface area contributed by atoms with Crippen LogP contribution in [0.2, 0.25) is 0 Å². The minimum atomic E-state index is -0.489. The van der Waals surface area contributed by atoms with E-state index in [0.717, 1.165) is 4.57 Å². The van der Waals surface area contributed by atoms with Crippen molar-refractivity contribution in [2.24, 2.45) is 14.1 Å². The van der Waals surface area contributed by atoms with Crippen LogP contribution >= 0.6 is 0 Å². The number of benzene rings is 1. The Morgan fingerprint density at radius 3 is 2.69 bits per heavy atom. The third-order valence-electron chi connectivity index (χ3n) is 4.99. The molecule has 0 spiro atoms. The van der Waals surface area contributed by atoms with Crippen LogP contribution in [0.15, 0.2) is 40.2 Å². The fourth-order valence-electron chi connectivity index (χ4n) is 3.34. The fourth-order valence-corrected chi connectivity index (χ4v) is 3.34. The number of fused-ring (bicyclic) bond motifs is 2. The zero-order chi connectivity index (χ0) is 20.7. The third kappa shape index (κ3) is 3.26. The molecule has 1 aliphatic rings. The van der Waals surface area contributed by atoms with Gasteiger partial charge < -0.3 is 18.9 Å². The number of imidazole rings is 1. The van der Waals surface area contributed by atoms with Crippen molar-refractivity contribution in [3.05, 3.63) is 51.4 Å². The first-order valence-corrected chi connectivity index (χ1v) is 9.10. The van der Waals surface area contributed by atoms with Crippen molar-refractivity contribution >= 4 is 17.1 Å². The lowest BCUT2D eigenvalue weighted by Gasteiger charge is -2.29. The molecule has 2 aromatic heterocycles. The zero-order valence-electron chi connectivity index (χ0n) is 16.4. The molecule has 152 valence electrons. The Labute approximate surface area is 165 Å². The van der Waals surface area contributed by atoms with Crippen LogP contribution in [-0.4, -0.2) is 55.8 Å². The number of aromatic nitrogens is 4. The highest BCUT2D eigenvalue weighted by molar-refractivity contribution is 5.78. The Hall–Kier alpha value is -3.56. The summed E-state index contributed by atoms with van der Waals surface area (Å²) in [6.45, 7) is 0.589. The van der Waals surface area contributed by atoms with Crippen LogP contribution < -0.4 is 20.7 Å². The highest BCUT2D eigenvalue weighted by Crippen LogP contribution is 2.30. The van der Waals surface area contributed by atoms with Gasteiger partial charge in [0.15, 0.2) is 28.8 Å². The van der Waals surface area contributed by atoms with Crippen molar-refractivity contribution < 1.29 is 14.3 Å². The summed E-state index contributed by atoms with van der Waals surface area (Å²) in [4.78, 5) is 42.9. The normalized spacial score (nSPS) is 15.5. The van der Waals surface area contributed by atoms with Gasteiger partial charge in [-0.05, 0) is 12.1 Å². The van der Waals surface area contributed by atoms with Crippen molar-refractivity contribution in [2.45, 2.75) is 12.6 Å². The van der Waals surface area contributed by atoms with Gasteiger partial charge in [0, 0.05) is 21.1 Å². The SMILES string of the molecule is CN(C[C@@H]1COc2ccccc2O1)C(=O)Cn1cnc2c1c(=O)n(C)c(=O)n2C. The van der Waals surface area contributed by atoms with Crippen molar-refractivity contribution in [2.75, 3.05) is 20.2 Å². The summed E-state index contributed by atoms with van der Waals surface area (Å²) in [5.74, 6) is 1.11. The second-order valence-corrected chi connectivity index (χ2v) is 7.02. The van der Waals surface area contributed by atoms with Crippen LogP contribution in [0.3, 0.4) is 0 Å². The maximum absolute atomic E-state index is 12.7. The molecule has 0 saturated heterocycles. The number of amides is 1. The maximum Gasteiger partial charge on any atom is 0.332 e. The number of carbonyl (C=O) groups is 1. The molecule has 1 aliphatic heterocycles. The van der Waals surface area contributed by atoms with Gasteiger partial charge in [-0.1, -0.05) is 12.1 Å². The number of nitrogens with zero attached hydrogens (tertiary/aromatic N) is 5. The van der Waals surface area contributed by atoms with Crippen LogP contribution in [0.1, 0.15) is 0 Å². The van der Waals surface area contributed by atoms with Crippen LogP contribution in [0.5, 0.6) is 11.5 Å². The minimum absolute atomic E-state index is 0.0788. The van der Waals surface area contributed by atoms with Crippen LogP contribution in [0, 0.1) is 0 Å². The summed E-state index contributed by atoms with van der Waals surface area (Å²) < 4.78 is 15.3. The summed E-state index contributed by atoms with van der Waals surface area (Å²) in [7, 11) is 4.60. The fraction of sp³-hybridized carbons (Fsp3) is 0.368.